The summed E-state index contributed by atoms with van der Waals surface area (Å²) in [5.74, 6) is 1.43. The summed E-state index contributed by atoms with van der Waals surface area (Å²) < 4.78 is 1.92. The molecule has 1 aromatic heterocycles. The van der Waals surface area contributed by atoms with Gasteiger partial charge in [-0.25, -0.2) is 4.98 Å². The number of nitrogens with zero attached hydrogens (tertiary/aromatic N) is 3. The van der Waals surface area contributed by atoms with E-state index in [1.54, 1.807) is 6.33 Å². The fourth-order valence-electron chi connectivity index (χ4n) is 2.44. The molecule has 0 aliphatic rings. The van der Waals surface area contributed by atoms with Crippen LogP contribution >= 0.6 is 0 Å². The zero-order valence-corrected chi connectivity index (χ0v) is 11.8. The van der Waals surface area contributed by atoms with Crippen LogP contribution < -0.4 is 5.73 Å². The molecular formula is C13H26N4O. The van der Waals surface area contributed by atoms with Crippen molar-refractivity contribution >= 4 is 0 Å². The van der Waals surface area contributed by atoms with E-state index in [9.17, 15) is 5.11 Å². The summed E-state index contributed by atoms with van der Waals surface area (Å²) in [4.78, 5) is 4.31. The number of aliphatic hydroxyl groups excluding tert-OH is 1. The summed E-state index contributed by atoms with van der Waals surface area (Å²) >= 11 is 0. The third-order valence-corrected chi connectivity index (χ3v) is 3.27. The molecular weight excluding hydrogens is 228 g/mol. The Bertz CT molecular complexity index is 345. The van der Waals surface area contributed by atoms with Crippen LogP contribution in [-0.2, 0) is 13.0 Å². The molecule has 3 N–H and O–H groups in total. The number of aliphatic hydroxyl groups is 1. The normalized spacial score (nSPS) is 15.0. The second-order valence-electron chi connectivity index (χ2n) is 5.54. The van der Waals surface area contributed by atoms with Gasteiger partial charge in [0.25, 0.3) is 0 Å². The molecule has 1 rings (SSSR count). The fraction of sp³-hybridized carbons (Fsp3) is 0.846. The van der Waals surface area contributed by atoms with Gasteiger partial charge in [0.1, 0.15) is 12.2 Å². The van der Waals surface area contributed by atoms with Crippen LogP contribution in [0.4, 0.5) is 0 Å². The quantitative estimate of drug-likeness (QED) is 0.731. The van der Waals surface area contributed by atoms with E-state index in [2.05, 4.69) is 30.9 Å². The Morgan fingerprint density at radius 2 is 2.22 bits per heavy atom. The van der Waals surface area contributed by atoms with Gasteiger partial charge in [-0.1, -0.05) is 20.8 Å². The van der Waals surface area contributed by atoms with Gasteiger partial charge in [0.05, 0.1) is 6.61 Å². The fourth-order valence-corrected chi connectivity index (χ4v) is 2.44. The highest BCUT2D eigenvalue weighted by Crippen LogP contribution is 2.28. The van der Waals surface area contributed by atoms with Crippen molar-refractivity contribution in [2.24, 2.45) is 17.1 Å². The lowest BCUT2D eigenvalue weighted by atomic mass is 9.78. The lowest BCUT2D eigenvalue weighted by Crippen LogP contribution is -2.38. The van der Waals surface area contributed by atoms with E-state index < -0.39 is 0 Å². The van der Waals surface area contributed by atoms with Crippen molar-refractivity contribution in [3.05, 3.63) is 12.2 Å². The first-order valence-electron chi connectivity index (χ1n) is 6.74. The lowest BCUT2D eigenvalue weighted by molar-refractivity contribution is 0.104. The van der Waals surface area contributed by atoms with Crippen LogP contribution in [0.1, 0.15) is 39.4 Å². The second kappa shape index (κ2) is 6.85. The Balaban J connectivity index is 2.85. The van der Waals surface area contributed by atoms with Crippen molar-refractivity contribution < 1.29 is 5.11 Å². The van der Waals surface area contributed by atoms with E-state index in [0.29, 0.717) is 18.9 Å². The third-order valence-electron chi connectivity index (χ3n) is 3.27. The predicted molar refractivity (Wildman–Crippen MR) is 72.0 cm³/mol. The van der Waals surface area contributed by atoms with Crippen LogP contribution in [0.2, 0.25) is 0 Å². The Hall–Kier alpha value is -0.940. The van der Waals surface area contributed by atoms with Gasteiger partial charge in [0, 0.05) is 24.9 Å². The van der Waals surface area contributed by atoms with Crippen LogP contribution in [0.3, 0.4) is 0 Å². The van der Waals surface area contributed by atoms with E-state index >= 15 is 0 Å². The molecule has 1 aromatic rings. The van der Waals surface area contributed by atoms with Crippen molar-refractivity contribution in [2.45, 2.75) is 46.6 Å². The third kappa shape index (κ3) is 3.78. The molecule has 104 valence electrons. The molecule has 5 heteroatoms. The average Bonchev–Trinajstić information content (AvgIpc) is 2.75. The Morgan fingerprint density at radius 3 is 2.72 bits per heavy atom. The second-order valence-corrected chi connectivity index (χ2v) is 5.54. The summed E-state index contributed by atoms with van der Waals surface area (Å²) in [6.45, 7) is 7.85. The summed E-state index contributed by atoms with van der Waals surface area (Å²) in [5.41, 5.74) is 5.62. The molecule has 5 nitrogen and oxygen atoms in total. The van der Waals surface area contributed by atoms with Crippen LogP contribution in [0.25, 0.3) is 0 Å². The van der Waals surface area contributed by atoms with E-state index in [1.807, 2.05) is 4.68 Å². The summed E-state index contributed by atoms with van der Waals surface area (Å²) in [6, 6.07) is 0. The van der Waals surface area contributed by atoms with Crippen molar-refractivity contribution in [1.29, 1.82) is 0 Å². The first-order chi connectivity index (χ1) is 8.56. The maximum Gasteiger partial charge on any atom is 0.138 e. The molecule has 0 saturated heterocycles. The highest BCUT2D eigenvalue weighted by Gasteiger charge is 2.31. The molecule has 0 aromatic carbocycles. The SMILES string of the molecule is CCCn1ncnc1CC(CN)(CO)CC(C)C. The molecule has 0 aliphatic carbocycles. The first kappa shape index (κ1) is 15.1. The van der Waals surface area contributed by atoms with Crippen molar-refractivity contribution in [3.63, 3.8) is 0 Å². The highest BCUT2D eigenvalue weighted by molar-refractivity contribution is 4.95. The van der Waals surface area contributed by atoms with Gasteiger partial charge in [-0.3, -0.25) is 4.68 Å². The van der Waals surface area contributed by atoms with Crippen LogP contribution in [0.15, 0.2) is 6.33 Å². The van der Waals surface area contributed by atoms with Crippen LogP contribution in [-0.4, -0.2) is 33.0 Å². The maximum atomic E-state index is 9.71. The van der Waals surface area contributed by atoms with Gasteiger partial charge in [0.2, 0.25) is 0 Å². The Labute approximate surface area is 109 Å². The highest BCUT2D eigenvalue weighted by atomic mass is 16.3. The van der Waals surface area contributed by atoms with E-state index in [0.717, 1.165) is 25.2 Å². The molecule has 0 bridgehead atoms. The van der Waals surface area contributed by atoms with Crippen molar-refractivity contribution in [3.8, 4) is 0 Å². The smallest absolute Gasteiger partial charge is 0.138 e. The summed E-state index contributed by atoms with van der Waals surface area (Å²) in [6.07, 6.45) is 4.20. The molecule has 0 amide bonds. The number of rotatable bonds is 8. The first-order valence-corrected chi connectivity index (χ1v) is 6.74. The van der Waals surface area contributed by atoms with E-state index in [1.165, 1.54) is 0 Å². The Kier molecular flexibility index (Phi) is 5.75. The molecule has 0 radical (unpaired) electrons. The standard InChI is InChI=1S/C13H26N4O/c1-4-5-17-12(15-10-16-17)7-13(8-14,9-18)6-11(2)3/h10-11,18H,4-9,14H2,1-3H3. The number of aryl methyl sites for hydroxylation is 1. The maximum absolute atomic E-state index is 9.71. The van der Waals surface area contributed by atoms with E-state index in [4.69, 9.17) is 5.73 Å². The lowest BCUT2D eigenvalue weighted by Gasteiger charge is -2.31. The van der Waals surface area contributed by atoms with Gasteiger partial charge >= 0.3 is 0 Å². The largest absolute Gasteiger partial charge is 0.396 e. The molecule has 0 fully saturated rings. The number of aromatic nitrogens is 3. The number of hydrogen-bond acceptors (Lipinski definition) is 4. The van der Waals surface area contributed by atoms with Crippen molar-refractivity contribution in [2.75, 3.05) is 13.2 Å². The molecule has 1 atom stereocenters. The number of nitrogens with two attached hydrogens (primary N) is 1. The topological polar surface area (TPSA) is 77.0 Å². The van der Waals surface area contributed by atoms with Crippen molar-refractivity contribution in [1.82, 2.24) is 14.8 Å². The van der Waals surface area contributed by atoms with Gasteiger partial charge in [-0.2, -0.15) is 5.10 Å². The average molecular weight is 254 g/mol. The molecule has 1 unspecified atom stereocenters. The zero-order chi connectivity index (χ0) is 13.6. The van der Waals surface area contributed by atoms with Gasteiger partial charge < -0.3 is 10.8 Å². The zero-order valence-electron chi connectivity index (χ0n) is 11.8. The molecule has 0 spiro atoms. The predicted octanol–water partition coefficient (Wildman–Crippen LogP) is 1.21. The van der Waals surface area contributed by atoms with Crippen LogP contribution in [0, 0.1) is 11.3 Å². The molecule has 1 heterocycles. The molecule has 0 aliphatic heterocycles. The monoisotopic (exact) mass is 254 g/mol. The number of hydrogen-bond donors (Lipinski definition) is 2. The van der Waals surface area contributed by atoms with Gasteiger partial charge in [0.15, 0.2) is 0 Å². The summed E-state index contributed by atoms with van der Waals surface area (Å²) in [7, 11) is 0. The minimum absolute atomic E-state index is 0.0979. The molecule has 18 heavy (non-hydrogen) atoms. The van der Waals surface area contributed by atoms with E-state index in [-0.39, 0.29) is 12.0 Å². The van der Waals surface area contributed by atoms with Gasteiger partial charge in [-0.05, 0) is 18.8 Å². The molecule has 0 saturated carbocycles. The van der Waals surface area contributed by atoms with Gasteiger partial charge in [-0.15, -0.1) is 0 Å². The Morgan fingerprint density at radius 1 is 1.50 bits per heavy atom. The van der Waals surface area contributed by atoms with Crippen LogP contribution in [0.5, 0.6) is 0 Å². The minimum atomic E-state index is -0.271. The minimum Gasteiger partial charge on any atom is -0.396 e. The summed E-state index contributed by atoms with van der Waals surface area (Å²) in [5, 5.41) is 13.9.